The van der Waals surface area contributed by atoms with E-state index in [-0.39, 0.29) is 0 Å². The average molecular weight is 362 g/mol. The summed E-state index contributed by atoms with van der Waals surface area (Å²) in [4.78, 5) is 13.9. The molecule has 1 atom stereocenters. The topological polar surface area (TPSA) is 71.2 Å². The van der Waals surface area contributed by atoms with Crippen LogP contribution >= 0.6 is 0 Å². The maximum Gasteiger partial charge on any atom is 0.336 e. The molecule has 1 fully saturated rings. The molecule has 3 aromatic rings. The van der Waals surface area contributed by atoms with Crippen LogP contribution in [0.3, 0.4) is 0 Å². The van der Waals surface area contributed by atoms with Gasteiger partial charge in [0.15, 0.2) is 0 Å². The number of rotatable bonds is 5. The van der Waals surface area contributed by atoms with E-state index in [9.17, 15) is 9.90 Å². The fourth-order valence-electron chi connectivity index (χ4n) is 3.85. The Morgan fingerprint density at radius 3 is 2.67 bits per heavy atom. The third-order valence-electron chi connectivity index (χ3n) is 5.22. The molecular formula is C21H22N4O2. The van der Waals surface area contributed by atoms with Crippen LogP contribution in [-0.4, -0.2) is 37.3 Å². The third-order valence-corrected chi connectivity index (χ3v) is 5.22. The summed E-state index contributed by atoms with van der Waals surface area (Å²) in [7, 11) is 1.99. The van der Waals surface area contributed by atoms with Crippen molar-refractivity contribution in [2.45, 2.75) is 25.4 Å². The molecule has 6 heteroatoms. The normalized spacial score (nSPS) is 17.3. The monoisotopic (exact) mass is 362 g/mol. The number of carboxylic acids is 1. The number of hydrogen-bond donors (Lipinski definition) is 1. The van der Waals surface area contributed by atoms with Crippen molar-refractivity contribution < 1.29 is 9.90 Å². The minimum absolute atomic E-state index is 0.296. The molecule has 0 unspecified atom stereocenters. The Balaban J connectivity index is 1.53. The quantitative estimate of drug-likeness (QED) is 0.752. The van der Waals surface area contributed by atoms with Crippen LogP contribution in [0.4, 0.5) is 0 Å². The van der Waals surface area contributed by atoms with Crippen molar-refractivity contribution in [1.82, 2.24) is 19.7 Å². The first-order chi connectivity index (χ1) is 13.1. The predicted octanol–water partition coefficient (Wildman–Crippen LogP) is 3.52. The van der Waals surface area contributed by atoms with Gasteiger partial charge in [-0.25, -0.2) is 4.79 Å². The summed E-state index contributed by atoms with van der Waals surface area (Å²) in [6.07, 6.45) is 4.00. The fraction of sp³-hybridized carbons (Fsp3) is 0.286. The van der Waals surface area contributed by atoms with Crippen LogP contribution in [-0.2, 0) is 13.6 Å². The lowest BCUT2D eigenvalue weighted by atomic mass is 9.98. The highest BCUT2D eigenvalue weighted by Gasteiger charge is 2.29. The molecule has 1 saturated heterocycles. The van der Waals surface area contributed by atoms with Crippen molar-refractivity contribution in [3.8, 4) is 11.1 Å². The lowest BCUT2D eigenvalue weighted by Crippen LogP contribution is -2.24. The van der Waals surface area contributed by atoms with Crippen molar-refractivity contribution >= 4 is 5.97 Å². The molecule has 4 rings (SSSR count). The first-order valence-electron chi connectivity index (χ1n) is 9.13. The van der Waals surface area contributed by atoms with E-state index in [2.05, 4.69) is 27.2 Å². The Bertz CT molecular complexity index is 949. The molecular weight excluding hydrogens is 340 g/mol. The van der Waals surface area contributed by atoms with Crippen molar-refractivity contribution in [2.75, 3.05) is 6.54 Å². The second kappa shape index (κ2) is 7.32. The van der Waals surface area contributed by atoms with Crippen molar-refractivity contribution in [3.05, 3.63) is 71.8 Å². The summed E-state index contributed by atoms with van der Waals surface area (Å²) in [5.74, 6) is 0.109. The number of aryl methyl sites for hydroxylation is 1. The SMILES string of the molecule is Cn1cnnc1[C@H]1CCCN1Cc1ccc(-c2ccccc2C(=O)O)cc1. The lowest BCUT2D eigenvalue weighted by Gasteiger charge is -2.23. The highest BCUT2D eigenvalue weighted by Crippen LogP contribution is 2.32. The Hall–Kier alpha value is -2.99. The average Bonchev–Trinajstić information content (AvgIpc) is 3.30. The van der Waals surface area contributed by atoms with Crippen LogP contribution in [0.2, 0.25) is 0 Å². The Kier molecular flexibility index (Phi) is 4.73. The van der Waals surface area contributed by atoms with E-state index < -0.39 is 5.97 Å². The number of likely N-dealkylation sites (tertiary alicyclic amines) is 1. The largest absolute Gasteiger partial charge is 0.478 e. The second-order valence-electron chi connectivity index (χ2n) is 6.98. The molecule has 0 radical (unpaired) electrons. The molecule has 1 aliphatic heterocycles. The van der Waals surface area contributed by atoms with Gasteiger partial charge in [0.2, 0.25) is 0 Å². The Morgan fingerprint density at radius 1 is 1.19 bits per heavy atom. The van der Waals surface area contributed by atoms with Crippen molar-refractivity contribution in [3.63, 3.8) is 0 Å². The molecule has 0 amide bonds. The van der Waals surface area contributed by atoms with Crippen molar-refractivity contribution in [2.24, 2.45) is 7.05 Å². The summed E-state index contributed by atoms with van der Waals surface area (Å²) >= 11 is 0. The molecule has 1 aliphatic rings. The molecule has 0 spiro atoms. The van der Waals surface area contributed by atoms with Crippen LogP contribution in [0, 0.1) is 0 Å². The molecule has 0 bridgehead atoms. The molecule has 0 aliphatic carbocycles. The van der Waals surface area contributed by atoms with Crippen LogP contribution in [0.5, 0.6) is 0 Å². The van der Waals surface area contributed by atoms with Crippen LogP contribution in [0.1, 0.15) is 40.6 Å². The molecule has 27 heavy (non-hydrogen) atoms. The maximum absolute atomic E-state index is 11.4. The van der Waals surface area contributed by atoms with Gasteiger partial charge < -0.3 is 9.67 Å². The van der Waals surface area contributed by atoms with E-state index in [0.717, 1.165) is 42.9 Å². The maximum atomic E-state index is 11.4. The smallest absolute Gasteiger partial charge is 0.336 e. The zero-order valence-corrected chi connectivity index (χ0v) is 15.2. The van der Waals surface area contributed by atoms with Crippen LogP contribution in [0.15, 0.2) is 54.9 Å². The molecule has 1 aromatic heterocycles. The fourth-order valence-corrected chi connectivity index (χ4v) is 3.85. The van der Waals surface area contributed by atoms with Gasteiger partial charge >= 0.3 is 5.97 Å². The Labute approximate surface area is 158 Å². The zero-order valence-electron chi connectivity index (χ0n) is 15.2. The highest BCUT2D eigenvalue weighted by molar-refractivity contribution is 5.95. The third kappa shape index (κ3) is 3.48. The minimum Gasteiger partial charge on any atom is -0.478 e. The number of aromatic carboxylic acids is 1. The summed E-state index contributed by atoms with van der Waals surface area (Å²) in [5.41, 5.74) is 3.20. The minimum atomic E-state index is -0.904. The molecule has 2 heterocycles. The lowest BCUT2D eigenvalue weighted by molar-refractivity contribution is 0.0697. The van der Waals surface area contributed by atoms with E-state index in [1.165, 1.54) is 5.56 Å². The standard InChI is InChI=1S/C21H22N4O2/c1-24-14-22-23-20(24)19-7-4-12-25(19)13-15-8-10-16(11-9-15)17-5-2-3-6-18(17)21(26)27/h2-3,5-6,8-11,14,19H,4,7,12-13H2,1H3,(H,26,27)/t19-/m1/s1. The summed E-state index contributed by atoms with van der Waals surface area (Å²) < 4.78 is 1.99. The van der Waals surface area contributed by atoms with Gasteiger partial charge in [-0.2, -0.15) is 0 Å². The number of hydrogen-bond acceptors (Lipinski definition) is 4. The van der Waals surface area contributed by atoms with Gasteiger partial charge in [-0.15, -0.1) is 10.2 Å². The summed E-state index contributed by atoms with van der Waals surface area (Å²) in [5, 5.41) is 17.7. The van der Waals surface area contributed by atoms with Gasteiger partial charge in [0.05, 0.1) is 11.6 Å². The number of nitrogens with zero attached hydrogens (tertiary/aromatic N) is 4. The number of carboxylic acid groups (broad SMARTS) is 1. The van der Waals surface area contributed by atoms with E-state index in [4.69, 9.17) is 0 Å². The number of benzene rings is 2. The summed E-state index contributed by atoms with van der Waals surface area (Å²) in [6.45, 7) is 1.89. The van der Waals surface area contributed by atoms with E-state index in [0.29, 0.717) is 11.6 Å². The van der Waals surface area contributed by atoms with E-state index >= 15 is 0 Å². The highest BCUT2D eigenvalue weighted by atomic mass is 16.4. The number of carbonyl (C=O) groups is 1. The van der Waals surface area contributed by atoms with Crippen LogP contribution < -0.4 is 0 Å². The molecule has 1 N–H and O–H groups in total. The van der Waals surface area contributed by atoms with Crippen molar-refractivity contribution in [1.29, 1.82) is 0 Å². The van der Waals surface area contributed by atoms with Gasteiger partial charge in [-0.1, -0.05) is 42.5 Å². The van der Waals surface area contributed by atoms with Gasteiger partial charge in [-0.3, -0.25) is 4.90 Å². The molecule has 138 valence electrons. The first kappa shape index (κ1) is 17.4. The van der Waals surface area contributed by atoms with Crippen LogP contribution in [0.25, 0.3) is 11.1 Å². The van der Waals surface area contributed by atoms with Gasteiger partial charge in [0.25, 0.3) is 0 Å². The predicted molar refractivity (Wildman–Crippen MR) is 102 cm³/mol. The van der Waals surface area contributed by atoms with E-state index in [1.54, 1.807) is 18.5 Å². The second-order valence-corrected chi connectivity index (χ2v) is 6.98. The first-order valence-corrected chi connectivity index (χ1v) is 9.13. The van der Waals surface area contributed by atoms with Gasteiger partial charge in [0.1, 0.15) is 12.2 Å². The van der Waals surface area contributed by atoms with Gasteiger partial charge in [-0.05, 0) is 42.1 Å². The van der Waals surface area contributed by atoms with Gasteiger partial charge in [0, 0.05) is 13.6 Å². The molecule has 2 aromatic carbocycles. The van der Waals surface area contributed by atoms with E-state index in [1.807, 2.05) is 35.9 Å². The summed E-state index contributed by atoms with van der Waals surface area (Å²) in [6, 6.07) is 15.6. The zero-order chi connectivity index (χ0) is 18.8. The number of aromatic nitrogens is 3. The Morgan fingerprint density at radius 2 is 1.96 bits per heavy atom. The molecule has 6 nitrogen and oxygen atoms in total. The molecule has 0 saturated carbocycles.